The van der Waals surface area contributed by atoms with Gasteiger partial charge in [-0.2, -0.15) is 0 Å². The summed E-state index contributed by atoms with van der Waals surface area (Å²) in [6.07, 6.45) is 0. The molecular weight excluding hydrogens is 411 g/mol. The normalized spacial score (nSPS) is 10.8. The molecule has 1 N–H and O–H groups in total. The van der Waals surface area contributed by atoms with Gasteiger partial charge in [0.05, 0.1) is 12.3 Å². The number of benzene rings is 3. The number of anilines is 1. The molecule has 5 nitrogen and oxygen atoms in total. The molecule has 0 saturated heterocycles. The average molecular weight is 433 g/mol. The largest absolute Gasteiger partial charge is 0.378 e. The fraction of sp³-hybridized carbons (Fsp3) is 0.125. The van der Waals surface area contributed by atoms with Crippen molar-refractivity contribution in [3.8, 4) is 5.69 Å². The Hall–Kier alpha value is -3.45. The maximum Gasteiger partial charge on any atom is 0.196 e. The second-order valence-electron chi connectivity index (χ2n) is 7.01. The third-order valence-corrected chi connectivity index (χ3v) is 5.64. The topological polar surface area (TPSA) is 59.8 Å². The summed E-state index contributed by atoms with van der Waals surface area (Å²) in [5.74, 6) is 0.715. The molecule has 0 aliphatic carbocycles. The molecule has 4 rings (SSSR count). The minimum Gasteiger partial charge on any atom is -0.378 e. The molecular formula is C24H21FN4OS. The SMILES string of the molecule is Cc1ccc(-n2c(CNc3ccc(F)cc3)nnc2SCC(=O)c2ccccc2)cc1. The van der Waals surface area contributed by atoms with E-state index in [0.717, 1.165) is 16.9 Å². The third kappa shape index (κ3) is 5.19. The molecule has 31 heavy (non-hydrogen) atoms. The van der Waals surface area contributed by atoms with E-state index < -0.39 is 0 Å². The lowest BCUT2D eigenvalue weighted by Crippen LogP contribution is -2.09. The number of aromatic nitrogens is 3. The Morgan fingerprint density at radius 2 is 1.68 bits per heavy atom. The minimum absolute atomic E-state index is 0.0371. The number of hydrogen-bond donors (Lipinski definition) is 1. The van der Waals surface area contributed by atoms with E-state index in [0.29, 0.717) is 23.1 Å². The van der Waals surface area contributed by atoms with Crippen molar-refractivity contribution < 1.29 is 9.18 Å². The van der Waals surface area contributed by atoms with Gasteiger partial charge < -0.3 is 5.32 Å². The van der Waals surface area contributed by atoms with Gasteiger partial charge in [-0.05, 0) is 43.3 Å². The number of carbonyl (C=O) groups excluding carboxylic acids is 1. The number of rotatable bonds is 8. The first-order valence-corrected chi connectivity index (χ1v) is 10.8. The van der Waals surface area contributed by atoms with Crippen molar-refractivity contribution in [3.05, 3.63) is 102 Å². The van der Waals surface area contributed by atoms with Crippen LogP contribution in [0.5, 0.6) is 0 Å². The van der Waals surface area contributed by atoms with Crippen molar-refractivity contribution in [1.82, 2.24) is 14.8 Å². The van der Waals surface area contributed by atoms with Crippen LogP contribution in [0.25, 0.3) is 5.69 Å². The van der Waals surface area contributed by atoms with Crippen molar-refractivity contribution in [2.45, 2.75) is 18.6 Å². The highest BCUT2D eigenvalue weighted by Crippen LogP contribution is 2.24. The number of thioether (sulfide) groups is 1. The van der Waals surface area contributed by atoms with E-state index in [4.69, 9.17) is 0 Å². The highest BCUT2D eigenvalue weighted by molar-refractivity contribution is 7.99. The average Bonchev–Trinajstić information content (AvgIpc) is 3.21. The van der Waals surface area contributed by atoms with Crippen molar-refractivity contribution >= 4 is 23.2 Å². The second-order valence-corrected chi connectivity index (χ2v) is 7.95. The lowest BCUT2D eigenvalue weighted by atomic mass is 10.2. The van der Waals surface area contributed by atoms with Gasteiger partial charge in [0.1, 0.15) is 5.82 Å². The Labute approximate surface area is 184 Å². The van der Waals surface area contributed by atoms with Crippen LogP contribution in [0.2, 0.25) is 0 Å². The van der Waals surface area contributed by atoms with Crippen LogP contribution in [0, 0.1) is 12.7 Å². The fourth-order valence-electron chi connectivity index (χ4n) is 3.05. The Bertz CT molecular complexity index is 1160. The number of nitrogens with zero attached hydrogens (tertiary/aromatic N) is 3. The number of Topliss-reactive ketones (excluding diaryl/α,β-unsaturated/α-hetero) is 1. The van der Waals surface area contributed by atoms with Crippen LogP contribution in [0.4, 0.5) is 10.1 Å². The number of hydrogen-bond acceptors (Lipinski definition) is 5. The predicted molar refractivity (Wildman–Crippen MR) is 121 cm³/mol. The van der Waals surface area contributed by atoms with Crippen molar-refractivity contribution in [1.29, 1.82) is 0 Å². The fourth-order valence-corrected chi connectivity index (χ4v) is 3.91. The Kier molecular flexibility index (Phi) is 6.43. The monoisotopic (exact) mass is 432 g/mol. The molecule has 1 aromatic heterocycles. The summed E-state index contributed by atoms with van der Waals surface area (Å²) in [7, 11) is 0. The molecule has 0 unspecified atom stereocenters. The standard InChI is InChI=1S/C24H21FN4OS/c1-17-7-13-21(14-8-17)29-23(15-26-20-11-9-19(25)10-12-20)27-28-24(29)31-16-22(30)18-5-3-2-4-6-18/h2-14,26H,15-16H2,1H3. The lowest BCUT2D eigenvalue weighted by molar-refractivity contribution is 0.102. The smallest absolute Gasteiger partial charge is 0.196 e. The van der Waals surface area contributed by atoms with Gasteiger partial charge in [-0.25, -0.2) is 4.39 Å². The van der Waals surface area contributed by atoms with Gasteiger partial charge in [0.25, 0.3) is 0 Å². The van der Waals surface area contributed by atoms with Gasteiger partial charge in [-0.15, -0.1) is 10.2 Å². The van der Waals surface area contributed by atoms with Gasteiger partial charge in [0.2, 0.25) is 0 Å². The van der Waals surface area contributed by atoms with E-state index in [1.165, 1.54) is 23.9 Å². The van der Waals surface area contributed by atoms with E-state index >= 15 is 0 Å². The van der Waals surface area contributed by atoms with Crippen LogP contribution in [0.3, 0.4) is 0 Å². The van der Waals surface area contributed by atoms with Gasteiger partial charge in [-0.3, -0.25) is 9.36 Å². The number of aryl methyl sites for hydroxylation is 1. The molecule has 0 amide bonds. The first kappa shape index (κ1) is 20.8. The molecule has 0 fully saturated rings. The van der Waals surface area contributed by atoms with Crippen molar-refractivity contribution in [2.24, 2.45) is 0 Å². The van der Waals surface area contributed by atoms with E-state index in [9.17, 15) is 9.18 Å². The number of halogens is 1. The number of ketones is 1. The van der Waals surface area contributed by atoms with Crippen LogP contribution in [-0.2, 0) is 6.54 Å². The zero-order valence-electron chi connectivity index (χ0n) is 17.0. The summed E-state index contributed by atoms with van der Waals surface area (Å²) < 4.78 is 15.1. The van der Waals surface area contributed by atoms with Crippen LogP contribution >= 0.6 is 11.8 Å². The third-order valence-electron chi connectivity index (χ3n) is 4.72. The van der Waals surface area contributed by atoms with Gasteiger partial charge in [0, 0.05) is 16.9 Å². The second kappa shape index (κ2) is 9.57. The summed E-state index contributed by atoms with van der Waals surface area (Å²) in [5.41, 5.74) is 3.53. The van der Waals surface area contributed by atoms with Gasteiger partial charge in [-0.1, -0.05) is 59.8 Å². The molecule has 0 bridgehead atoms. The molecule has 1 heterocycles. The zero-order chi connectivity index (χ0) is 21.6. The summed E-state index contributed by atoms with van der Waals surface area (Å²) in [6.45, 7) is 2.43. The van der Waals surface area contributed by atoms with Gasteiger partial charge in [0.15, 0.2) is 16.8 Å². The maximum absolute atomic E-state index is 13.2. The highest BCUT2D eigenvalue weighted by atomic mass is 32.2. The Morgan fingerprint density at radius 3 is 2.39 bits per heavy atom. The lowest BCUT2D eigenvalue weighted by Gasteiger charge is -2.12. The van der Waals surface area contributed by atoms with Crippen molar-refractivity contribution in [2.75, 3.05) is 11.1 Å². The van der Waals surface area contributed by atoms with E-state index in [2.05, 4.69) is 15.5 Å². The molecule has 7 heteroatoms. The quantitative estimate of drug-likeness (QED) is 0.302. The van der Waals surface area contributed by atoms with E-state index in [-0.39, 0.29) is 17.4 Å². The molecule has 0 radical (unpaired) electrons. The number of nitrogens with one attached hydrogen (secondary N) is 1. The molecule has 3 aromatic carbocycles. The van der Waals surface area contributed by atoms with Gasteiger partial charge >= 0.3 is 0 Å². The summed E-state index contributed by atoms with van der Waals surface area (Å²) in [5, 5.41) is 12.6. The van der Waals surface area contributed by atoms with E-state index in [1.807, 2.05) is 66.1 Å². The number of carbonyl (C=O) groups is 1. The molecule has 4 aromatic rings. The first-order valence-electron chi connectivity index (χ1n) is 9.82. The Balaban J connectivity index is 1.56. The van der Waals surface area contributed by atoms with Crippen LogP contribution in [0.1, 0.15) is 21.7 Å². The molecule has 0 aliphatic rings. The molecule has 0 saturated carbocycles. The van der Waals surface area contributed by atoms with Crippen molar-refractivity contribution in [3.63, 3.8) is 0 Å². The van der Waals surface area contributed by atoms with Crippen LogP contribution in [0.15, 0.2) is 84.0 Å². The molecule has 0 spiro atoms. The van der Waals surface area contributed by atoms with E-state index in [1.54, 1.807) is 12.1 Å². The minimum atomic E-state index is -0.282. The zero-order valence-corrected chi connectivity index (χ0v) is 17.8. The summed E-state index contributed by atoms with van der Waals surface area (Å²) in [4.78, 5) is 12.5. The molecule has 156 valence electrons. The summed E-state index contributed by atoms with van der Waals surface area (Å²) >= 11 is 1.36. The predicted octanol–water partition coefficient (Wildman–Crippen LogP) is 5.30. The molecule has 0 atom stereocenters. The summed E-state index contributed by atoms with van der Waals surface area (Å²) in [6, 6.07) is 23.4. The maximum atomic E-state index is 13.2. The first-order chi connectivity index (χ1) is 15.1. The molecule has 0 aliphatic heterocycles. The van der Waals surface area contributed by atoms with Crippen LogP contribution < -0.4 is 5.32 Å². The highest BCUT2D eigenvalue weighted by Gasteiger charge is 2.16. The van der Waals surface area contributed by atoms with Crippen LogP contribution in [-0.4, -0.2) is 26.3 Å². The Morgan fingerprint density at radius 1 is 0.968 bits per heavy atom.